The predicted octanol–water partition coefficient (Wildman–Crippen LogP) is 6.40. The monoisotopic (exact) mass is 395 g/mol. The molecule has 4 aliphatic rings. The normalized spacial score (nSPS) is 36.1. The van der Waals surface area contributed by atoms with Gasteiger partial charge in [0.05, 0.1) is 12.2 Å². The molecule has 29 heavy (non-hydrogen) atoms. The van der Waals surface area contributed by atoms with Crippen LogP contribution < -0.4 is 0 Å². The lowest BCUT2D eigenvalue weighted by Crippen LogP contribution is -2.31. The van der Waals surface area contributed by atoms with E-state index in [2.05, 4.69) is 30.5 Å². The minimum absolute atomic E-state index is 0.0339. The average Bonchev–Trinajstić information content (AvgIpc) is 3.13. The highest BCUT2D eigenvalue weighted by Crippen LogP contribution is 2.48. The fraction of sp³-hybridized carbons (Fsp3) is 0.731. The van der Waals surface area contributed by atoms with Gasteiger partial charge in [-0.25, -0.2) is 0 Å². The molecule has 0 radical (unpaired) electrons. The van der Waals surface area contributed by atoms with E-state index >= 15 is 0 Å². The summed E-state index contributed by atoms with van der Waals surface area (Å²) in [6, 6.07) is 8.84. The SMILES string of the molecule is C1=NC(OCCCCC2CCC3(CC2)OCc2ccccc23)CC2CCCCC12. The topological polar surface area (TPSA) is 30.8 Å². The lowest BCUT2D eigenvalue weighted by atomic mass is 9.74. The molecule has 3 atom stereocenters. The molecule has 0 aromatic heterocycles. The van der Waals surface area contributed by atoms with Crippen LogP contribution in [-0.4, -0.2) is 19.0 Å². The minimum Gasteiger partial charge on any atom is -0.366 e. The van der Waals surface area contributed by atoms with Crippen molar-refractivity contribution in [3.8, 4) is 0 Å². The fourth-order valence-electron chi connectivity index (χ4n) is 6.35. The molecule has 2 heterocycles. The van der Waals surface area contributed by atoms with E-state index in [1.165, 1.54) is 81.8 Å². The summed E-state index contributed by atoms with van der Waals surface area (Å²) in [5.41, 5.74) is 2.92. The Bertz CT molecular complexity index is 706. The number of ether oxygens (including phenoxy) is 2. The Kier molecular flexibility index (Phi) is 6.06. The maximum atomic E-state index is 6.31. The van der Waals surface area contributed by atoms with Gasteiger partial charge < -0.3 is 9.47 Å². The van der Waals surface area contributed by atoms with Crippen LogP contribution in [-0.2, 0) is 21.7 Å². The second-order valence-corrected chi connectivity index (χ2v) is 9.95. The zero-order valence-electron chi connectivity index (χ0n) is 17.9. The molecule has 0 bridgehead atoms. The Labute approximate surface area is 176 Å². The van der Waals surface area contributed by atoms with Crippen LogP contribution in [0.25, 0.3) is 0 Å². The second kappa shape index (κ2) is 8.89. The third kappa shape index (κ3) is 4.32. The molecule has 2 saturated carbocycles. The third-order valence-corrected chi connectivity index (χ3v) is 8.16. The summed E-state index contributed by atoms with van der Waals surface area (Å²) in [5.74, 6) is 2.45. The molecule has 0 N–H and O–H groups in total. The molecular formula is C26H37NO2. The molecule has 2 fully saturated rings. The number of hydrogen-bond acceptors (Lipinski definition) is 3. The molecular weight excluding hydrogens is 358 g/mol. The third-order valence-electron chi connectivity index (χ3n) is 8.16. The first-order chi connectivity index (χ1) is 14.3. The highest BCUT2D eigenvalue weighted by atomic mass is 16.5. The largest absolute Gasteiger partial charge is 0.366 e. The van der Waals surface area contributed by atoms with Gasteiger partial charge in [0, 0.05) is 12.8 Å². The van der Waals surface area contributed by atoms with Crippen LogP contribution in [0.3, 0.4) is 0 Å². The van der Waals surface area contributed by atoms with Crippen LogP contribution in [0, 0.1) is 17.8 Å². The van der Waals surface area contributed by atoms with Gasteiger partial charge in [0.15, 0.2) is 0 Å². The minimum atomic E-state index is 0.0339. The van der Waals surface area contributed by atoms with Gasteiger partial charge in [0.1, 0.15) is 6.23 Å². The van der Waals surface area contributed by atoms with Crippen molar-refractivity contribution in [3.05, 3.63) is 35.4 Å². The van der Waals surface area contributed by atoms with Gasteiger partial charge in [-0.2, -0.15) is 0 Å². The summed E-state index contributed by atoms with van der Waals surface area (Å²) >= 11 is 0. The van der Waals surface area contributed by atoms with Crippen LogP contribution in [0.2, 0.25) is 0 Å². The first-order valence-corrected chi connectivity index (χ1v) is 12.2. The smallest absolute Gasteiger partial charge is 0.148 e. The van der Waals surface area contributed by atoms with E-state index in [-0.39, 0.29) is 11.8 Å². The van der Waals surface area contributed by atoms with Crippen LogP contribution in [0.1, 0.15) is 88.2 Å². The molecule has 1 spiro atoms. The highest BCUT2D eigenvalue weighted by Gasteiger charge is 2.42. The van der Waals surface area contributed by atoms with E-state index in [0.29, 0.717) is 0 Å². The van der Waals surface area contributed by atoms with Crippen molar-refractivity contribution in [1.29, 1.82) is 0 Å². The van der Waals surface area contributed by atoms with Crippen LogP contribution >= 0.6 is 0 Å². The quantitative estimate of drug-likeness (QED) is 0.522. The number of unbranched alkanes of at least 4 members (excludes halogenated alkanes) is 1. The van der Waals surface area contributed by atoms with E-state index in [4.69, 9.17) is 14.5 Å². The number of aliphatic imine (C=N–C) groups is 1. The van der Waals surface area contributed by atoms with E-state index < -0.39 is 0 Å². The molecule has 5 rings (SSSR count). The lowest BCUT2D eigenvalue weighted by molar-refractivity contribution is -0.0732. The van der Waals surface area contributed by atoms with E-state index in [1.807, 2.05) is 0 Å². The Morgan fingerprint density at radius 2 is 1.90 bits per heavy atom. The summed E-state index contributed by atoms with van der Waals surface area (Å²) in [6.45, 7) is 1.69. The molecule has 3 unspecified atom stereocenters. The van der Waals surface area contributed by atoms with Gasteiger partial charge in [-0.15, -0.1) is 0 Å². The molecule has 1 aromatic carbocycles. The summed E-state index contributed by atoms with van der Waals surface area (Å²) in [7, 11) is 0. The zero-order chi connectivity index (χ0) is 19.5. The average molecular weight is 396 g/mol. The Morgan fingerprint density at radius 3 is 2.83 bits per heavy atom. The van der Waals surface area contributed by atoms with Gasteiger partial charge in [-0.3, -0.25) is 4.99 Å². The molecule has 0 saturated heterocycles. The highest BCUT2D eigenvalue weighted by molar-refractivity contribution is 5.62. The van der Waals surface area contributed by atoms with E-state index in [9.17, 15) is 0 Å². The molecule has 2 aliphatic carbocycles. The summed E-state index contributed by atoms with van der Waals surface area (Å²) < 4.78 is 12.4. The first-order valence-electron chi connectivity index (χ1n) is 12.2. The van der Waals surface area contributed by atoms with Gasteiger partial charge in [-0.1, -0.05) is 49.9 Å². The summed E-state index contributed by atoms with van der Waals surface area (Å²) in [4.78, 5) is 4.70. The molecule has 0 amide bonds. The van der Waals surface area contributed by atoms with Gasteiger partial charge in [0.2, 0.25) is 0 Å². The van der Waals surface area contributed by atoms with Crippen molar-refractivity contribution in [1.82, 2.24) is 0 Å². The number of hydrogen-bond donors (Lipinski definition) is 0. The molecule has 2 aliphatic heterocycles. The number of benzene rings is 1. The summed E-state index contributed by atoms with van der Waals surface area (Å²) in [6.07, 6.45) is 17.9. The first kappa shape index (κ1) is 19.8. The standard InChI is InChI=1S/C26H37NO2/c1-2-9-22-18-27-25(17-21(22)8-1)28-16-6-5-7-20-12-14-26(15-13-20)24-11-4-3-10-23(24)19-29-26/h3-4,10-11,18,20-22,25H,1-2,5-9,12-17,19H2. The summed E-state index contributed by atoms with van der Waals surface area (Å²) in [5, 5.41) is 0. The Hall–Kier alpha value is -1.19. The van der Waals surface area contributed by atoms with Crippen molar-refractivity contribution in [3.63, 3.8) is 0 Å². The Balaban J connectivity index is 0.999. The Morgan fingerprint density at radius 1 is 1.03 bits per heavy atom. The number of fused-ring (bicyclic) bond motifs is 3. The second-order valence-electron chi connectivity index (χ2n) is 9.95. The maximum absolute atomic E-state index is 6.31. The number of rotatable bonds is 6. The predicted molar refractivity (Wildman–Crippen MR) is 117 cm³/mol. The maximum Gasteiger partial charge on any atom is 0.148 e. The van der Waals surface area contributed by atoms with Crippen molar-refractivity contribution in [2.75, 3.05) is 6.61 Å². The van der Waals surface area contributed by atoms with Crippen molar-refractivity contribution in [2.24, 2.45) is 22.7 Å². The van der Waals surface area contributed by atoms with Crippen LogP contribution in [0.15, 0.2) is 29.3 Å². The van der Waals surface area contributed by atoms with E-state index in [0.717, 1.165) is 37.4 Å². The van der Waals surface area contributed by atoms with Gasteiger partial charge in [0.25, 0.3) is 0 Å². The van der Waals surface area contributed by atoms with Crippen LogP contribution in [0.4, 0.5) is 0 Å². The van der Waals surface area contributed by atoms with Crippen molar-refractivity contribution >= 4 is 6.21 Å². The molecule has 3 nitrogen and oxygen atoms in total. The van der Waals surface area contributed by atoms with Gasteiger partial charge >= 0.3 is 0 Å². The molecule has 3 heteroatoms. The van der Waals surface area contributed by atoms with Gasteiger partial charge in [-0.05, 0) is 80.2 Å². The molecule has 1 aromatic rings. The fourth-order valence-corrected chi connectivity index (χ4v) is 6.35. The number of nitrogens with zero attached hydrogens (tertiary/aromatic N) is 1. The van der Waals surface area contributed by atoms with Crippen LogP contribution in [0.5, 0.6) is 0 Å². The lowest BCUT2D eigenvalue weighted by Gasteiger charge is -2.37. The van der Waals surface area contributed by atoms with Crippen molar-refractivity contribution < 1.29 is 9.47 Å². The zero-order valence-corrected chi connectivity index (χ0v) is 17.9. The van der Waals surface area contributed by atoms with E-state index in [1.54, 1.807) is 0 Å². The van der Waals surface area contributed by atoms with Crippen molar-refractivity contribution in [2.45, 2.75) is 95.5 Å². The molecule has 158 valence electrons.